The highest BCUT2D eigenvalue weighted by molar-refractivity contribution is 5.90. The fourth-order valence-corrected chi connectivity index (χ4v) is 3.29. The second-order valence-corrected chi connectivity index (χ2v) is 5.67. The number of benzene rings is 1. The maximum Gasteiger partial charge on any atom is 0.338 e. The molecule has 1 aromatic rings. The van der Waals surface area contributed by atoms with Crippen LogP contribution in [-0.4, -0.2) is 30.1 Å². The molecule has 2 bridgehead atoms. The molecule has 0 amide bonds. The highest BCUT2D eigenvalue weighted by Crippen LogP contribution is 2.46. The van der Waals surface area contributed by atoms with Gasteiger partial charge < -0.3 is 9.47 Å². The Morgan fingerprint density at radius 2 is 1.83 bits per heavy atom. The molecule has 2 aliphatic carbocycles. The molecule has 0 spiro atoms. The molecule has 23 heavy (non-hydrogen) atoms. The van der Waals surface area contributed by atoms with E-state index in [1.165, 1.54) is 31.4 Å². The first-order chi connectivity index (χ1) is 11.0. The number of ether oxygens (including phenoxy) is 2. The van der Waals surface area contributed by atoms with Gasteiger partial charge in [-0.25, -0.2) is 4.79 Å². The summed E-state index contributed by atoms with van der Waals surface area (Å²) in [6.07, 6.45) is 4.12. The summed E-state index contributed by atoms with van der Waals surface area (Å²) in [6.45, 7) is 0. The topological polar surface area (TPSA) is 95.7 Å². The van der Waals surface area contributed by atoms with E-state index < -0.39 is 22.9 Å². The van der Waals surface area contributed by atoms with Crippen molar-refractivity contribution in [2.75, 3.05) is 7.11 Å². The number of allylic oxidation sites excluding steroid dienone is 1. The number of nitrogens with zero attached hydrogens (tertiary/aromatic N) is 1. The Bertz CT molecular complexity index is 680. The van der Waals surface area contributed by atoms with E-state index in [0.29, 0.717) is 0 Å². The second-order valence-electron chi connectivity index (χ2n) is 5.67. The number of hydrogen-bond donors (Lipinski definition) is 0. The minimum absolute atomic E-state index is 0.00565. The van der Waals surface area contributed by atoms with Gasteiger partial charge in [0.05, 0.1) is 17.6 Å². The fourth-order valence-electron chi connectivity index (χ4n) is 3.29. The van der Waals surface area contributed by atoms with Crippen LogP contribution in [0.4, 0.5) is 5.69 Å². The van der Waals surface area contributed by atoms with Crippen LogP contribution in [0.3, 0.4) is 0 Å². The van der Waals surface area contributed by atoms with Crippen molar-refractivity contribution in [1.29, 1.82) is 0 Å². The van der Waals surface area contributed by atoms with Crippen LogP contribution < -0.4 is 0 Å². The molecule has 1 aromatic carbocycles. The predicted octanol–water partition coefficient (Wildman–Crippen LogP) is 2.12. The third-order valence-electron chi connectivity index (χ3n) is 4.42. The van der Waals surface area contributed by atoms with Gasteiger partial charge in [-0.15, -0.1) is 0 Å². The number of methoxy groups -OCH3 is 1. The van der Waals surface area contributed by atoms with Crippen LogP contribution in [0.5, 0.6) is 0 Å². The van der Waals surface area contributed by atoms with Gasteiger partial charge in [-0.05, 0) is 24.5 Å². The Morgan fingerprint density at radius 1 is 1.17 bits per heavy atom. The molecule has 7 heteroatoms. The molecule has 0 aromatic heterocycles. The van der Waals surface area contributed by atoms with Crippen molar-refractivity contribution >= 4 is 17.6 Å². The van der Waals surface area contributed by atoms with Crippen LogP contribution in [-0.2, 0) is 14.3 Å². The molecule has 3 rings (SSSR count). The van der Waals surface area contributed by atoms with Gasteiger partial charge in [0.25, 0.3) is 5.69 Å². The van der Waals surface area contributed by atoms with Crippen LogP contribution in [0.1, 0.15) is 16.8 Å². The monoisotopic (exact) mass is 317 g/mol. The zero-order valence-electron chi connectivity index (χ0n) is 12.4. The second kappa shape index (κ2) is 5.83. The number of non-ortho nitro benzene ring substituents is 1. The van der Waals surface area contributed by atoms with Gasteiger partial charge in [-0.3, -0.25) is 14.9 Å². The van der Waals surface area contributed by atoms with Gasteiger partial charge in [0.15, 0.2) is 0 Å². The molecular weight excluding hydrogens is 302 g/mol. The van der Waals surface area contributed by atoms with Gasteiger partial charge in [-0.2, -0.15) is 0 Å². The third-order valence-corrected chi connectivity index (χ3v) is 4.42. The predicted molar refractivity (Wildman–Crippen MR) is 78.5 cm³/mol. The number of hydrogen-bond acceptors (Lipinski definition) is 6. The van der Waals surface area contributed by atoms with Crippen molar-refractivity contribution < 1.29 is 24.0 Å². The summed E-state index contributed by atoms with van der Waals surface area (Å²) >= 11 is 0. The first-order valence-electron chi connectivity index (χ1n) is 7.23. The SMILES string of the molecule is COC(=O)[C@@H]1[C@@H](OC(=O)c2ccc([N+](=O)[O-])cc2)[C@@H]2C=C[C@H]1C2. The number of rotatable bonds is 4. The van der Waals surface area contributed by atoms with Crippen molar-refractivity contribution in [2.24, 2.45) is 17.8 Å². The Hall–Kier alpha value is -2.70. The van der Waals surface area contributed by atoms with Gasteiger partial charge >= 0.3 is 11.9 Å². The number of carbonyl (C=O) groups is 2. The maximum absolute atomic E-state index is 12.2. The average Bonchev–Trinajstić information content (AvgIpc) is 3.15. The summed E-state index contributed by atoms with van der Waals surface area (Å²) in [6, 6.07) is 5.18. The molecule has 0 radical (unpaired) electrons. The van der Waals surface area contributed by atoms with Crippen LogP contribution in [0.25, 0.3) is 0 Å². The zero-order valence-corrected chi connectivity index (χ0v) is 12.4. The lowest BCUT2D eigenvalue weighted by molar-refractivity contribution is -0.384. The van der Waals surface area contributed by atoms with E-state index in [1.807, 2.05) is 12.2 Å². The third kappa shape index (κ3) is 2.69. The minimum atomic E-state index is -0.597. The number of carbonyl (C=O) groups excluding carboxylic acids is 2. The Morgan fingerprint density at radius 3 is 2.43 bits per heavy atom. The van der Waals surface area contributed by atoms with E-state index in [-0.39, 0.29) is 29.1 Å². The molecule has 120 valence electrons. The average molecular weight is 317 g/mol. The van der Waals surface area contributed by atoms with Crippen LogP contribution >= 0.6 is 0 Å². The largest absolute Gasteiger partial charge is 0.469 e. The van der Waals surface area contributed by atoms with Gasteiger partial charge in [0.2, 0.25) is 0 Å². The van der Waals surface area contributed by atoms with Crippen molar-refractivity contribution in [3.63, 3.8) is 0 Å². The summed E-state index contributed by atoms with van der Waals surface area (Å²) < 4.78 is 10.3. The quantitative estimate of drug-likeness (QED) is 0.365. The first kappa shape index (κ1) is 15.2. The van der Waals surface area contributed by atoms with Crippen molar-refractivity contribution in [3.8, 4) is 0 Å². The van der Waals surface area contributed by atoms with Gasteiger partial charge in [0.1, 0.15) is 12.0 Å². The number of esters is 2. The Kier molecular flexibility index (Phi) is 3.85. The molecule has 4 atom stereocenters. The van der Waals surface area contributed by atoms with E-state index in [9.17, 15) is 19.7 Å². The summed E-state index contributed by atoms with van der Waals surface area (Å²) in [7, 11) is 1.31. The zero-order chi connectivity index (χ0) is 16.6. The molecule has 1 fully saturated rings. The molecule has 0 N–H and O–H groups in total. The highest BCUT2D eigenvalue weighted by atomic mass is 16.6. The number of nitro benzene ring substituents is 1. The maximum atomic E-state index is 12.2. The lowest BCUT2D eigenvalue weighted by Crippen LogP contribution is -2.36. The molecule has 1 saturated carbocycles. The van der Waals surface area contributed by atoms with E-state index in [4.69, 9.17) is 9.47 Å². The molecule has 0 heterocycles. The minimum Gasteiger partial charge on any atom is -0.469 e. The first-order valence-corrected chi connectivity index (χ1v) is 7.23. The van der Waals surface area contributed by atoms with E-state index in [0.717, 1.165) is 6.42 Å². The van der Waals surface area contributed by atoms with E-state index >= 15 is 0 Å². The van der Waals surface area contributed by atoms with Crippen LogP contribution in [0, 0.1) is 27.9 Å². The molecule has 0 unspecified atom stereocenters. The van der Waals surface area contributed by atoms with E-state index in [1.54, 1.807) is 0 Å². The molecule has 2 aliphatic rings. The van der Waals surface area contributed by atoms with Crippen LogP contribution in [0.2, 0.25) is 0 Å². The van der Waals surface area contributed by atoms with Crippen molar-refractivity contribution in [3.05, 3.63) is 52.1 Å². The molecule has 0 saturated heterocycles. The van der Waals surface area contributed by atoms with Crippen LogP contribution in [0.15, 0.2) is 36.4 Å². The lowest BCUT2D eigenvalue weighted by Gasteiger charge is -2.25. The van der Waals surface area contributed by atoms with E-state index in [2.05, 4.69) is 0 Å². The lowest BCUT2D eigenvalue weighted by atomic mass is 9.91. The smallest absolute Gasteiger partial charge is 0.338 e. The Balaban J connectivity index is 1.75. The van der Waals surface area contributed by atoms with Gasteiger partial charge in [-0.1, -0.05) is 12.2 Å². The molecule has 7 nitrogen and oxygen atoms in total. The molecular formula is C16H15NO6. The fraction of sp³-hybridized carbons (Fsp3) is 0.375. The summed E-state index contributed by atoms with van der Waals surface area (Å²) in [4.78, 5) is 34.3. The highest BCUT2D eigenvalue weighted by Gasteiger charge is 2.51. The normalized spacial score (nSPS) is 27.7. The van der Waals surface area contributed by atoms with Gasteiger partial charge in [0, 0.05) is 18.1 Å². The summed E-state index contributed by atoms with van der Waals surface area (Å²) in [5.74, 6) is -1.44. The number of fused-ring (bicyclic) bond motifs is 2. The number of nitro groups is 1. The van der Waals surface area contributed by atoms with Crippen molar-refractivity contribution in [2.45, 2.75) is 12.5 Å². The summed E-state index contributed by atoms with van der Waals surface area (Å²) in [5.41, 5.74) is 0.114. The summed E-state index contributed by atoms with van der Waals surface area (Å²) in [5, 5.41) is 10.6. The molecule has 0 aliphatic heterocycles. The standard InChI is InChI=1S/C16H15NO6/c1-22-16(19)13-10-2-3-11(8-10)14(13)23-15(18)9-4-6-12(7-5-9)17(20)21/h2-7,10-11,13-14H,8H2,1H3/t10-,11+,13-,14-/m0/s1. The van der Waals surface area contributed by atoms with Crippen molar-refractivity contribution in [1.82, 2.24) is 0 Å². The Labute approximate surface area is 132 Å².